The smallest absolute Gasteiger partial charge is 0.0476 e. The summed E-state index contributed by atoms with van der Waals surface area (Å²) in [7, 11) is 0. The van der Waals surface area contributed by atoms with Crippen molar-refractivity contribution in [2.24, 2.45) is 29.1 Å². The molecular weight excluding hydrogens is 260 g/mol. The zero-order chi connectivity index (χ0) is 15.2. The van der Waals surface area contributed by atoms with Crippen molar-refractivity contribution in [3.05, 3.63) is 23.3 Å². The van der Waals surface area contributed by atoms with Gasteiger partial charge in [0.1, 0.15) is 0 Å². The average molecular weight is 287 g/mol. The Morgan fingerprint density at radius 2 is 2.14 bits per heavy atom. The van der Waals surface area contributed by atoms with Gasteiger partial charge in [0, 0.05) is 11.4 Å². The molecule has 0 saturated heterocycles. The van der Waals surface area contributed by atoms with Crippen LogP contribution in [0.3, 0.4) is 0 Å². The van der Waals surface area contributed by atoms with Gasteiger partial charge in [0.05, 0.1) is 0 Å². The molecule has 0 spiro atoms. The van der Waals surface area contributed by atoms with E-state index >= 15 is 0 Å². The molecule has 3 rings (SSSR count). The van der Waals surface area contributed by atoms with Gasteiger partial charge in [-0.15, -0.1) is 0 Å². The fourth-order valence-electron chi connectivity index (χ4n) is 5.01. The molecule has 0 heterocycles. The molecular formula is C19H27O2-. The summed E-state index contributed by atoms with van der Waals surface area (Å²) in [6.07, 6.45) is 11.1. The van der Waals surface area contributed by atoms with E-state index in [4.69, 9.17) is 0 Å². The fraction of sp³-hybridized carbons (Fsp3) is 0.737. The Balaban J connectivity index is 1.91. The first-order valence-electron chi connectivity index (χ1n) is 8.55. The van der Waals surface area contributed by atoms with Gasteiger partial charge in [-0.25, -0.2) is 0 Å². The third-order valence-electron chi connectivity index (χ3n) is 6.43. The van der Waals surface area contributed by atoms with Gasteiger partial charge < -0.3 is 9.90 Å². The van der Waals surface area contributed by atoms with Crippen LogP contribution in [0.4, 0.5) is 0 Å². The van der Waals surface area contributed by atoms with Crippen LogP contribution in [0.25, 0.3) is 0 Å². The Labute approximate surface area is 128 Å². The van der Waals surface area contributed by atoms with Crippen LogP contribution in [0, 0.1) is 29.1 Å². The van der Waals surface area contributed by atoms with Crippen molar-refractivity contribution in [1.29, 1.82) is 0 Å². The lowest BCUT2D eigenvalue weighted by Gasteiger charge is -2.52. The molecule has 2 heteroatoms. The van der Waals surface area contributed by atoms with Crippen LogP contribution >= 0.6 is 0 Å². The molecule has 2 nitrogen and oxygen atoms in total. The number of allylic oxidation sites excluding steroid dienone is 4. The van der Waals surface area contributed by atoms with E-state index in [9.17, 15) is 9.90 Å². The number of hydrogen-bond acceptors (Lipinski definition) is 2. The van der Waals surface area contributed by atoms with E-state index in [0.717, 1.165) is 19.3 Å². The monoisotopic (exact) mass is 287 g/mol. The first kappa shape index (κ1) is 14.9. The summed E-state index contributed by atoms with van der Waals surface area (Å²) in [4.78, 5) is 11.7. The zero-order valence-corrected chi connectivity index (χ0v) is 13.5. The van der Waals surface area contributed by atoms with Gasteiger partial charge in [-0.05, 0) is 61.3 Å². The molecule has 3 aliphatic carbocycles. The molecule has 3 aliphatic rings. The molecule has 1 saturated carbocycles. The fourth-order valence-corrected chi connectivity index (χ4v) is 5.01. The van der Waals surface area contributed by atoms with Crippen LogP contribution < -0.4 is 5.11 Å². The van der Waals surface area contributed by atoms with Crippen molar-refractivity contribution in [2.45, 2.75) is 59.3 Å². The van der Waals surface area contributed by atoms with Crippen LogP contribution in [-0.4, -0.2) is 5.97 Å². The first-order valence-corrected chi connectivity index (χ1v) is 8.55. The van der Waals surface area contributed by atoms with E-state index in [2.05, 4.69) is 26.0 Å². The quantitative estimate of drug-likeness (QED) is 0.780. The lowest BCUT2D eigenvalue weighted by Crippen LogP contribution is -2.52. The third-order valence-corrected chi connectivity index (χ3v) is 6.43. The largest absolute Gasteiger partial charge is 0.550 e. The highest BCUT2D eigenvalue weighted by molar-refractivity contribution is 5.72. The normalized spacial score (nSPS) is 39.1. The molecule has 0 aliphatic heterocycles. The molecule has 0 amide bonds. The molecule has 0 radical (unpaired) electrons. The number of carboxylic acids is 1. The molecule has 116 valence electrons. The van der Waals surface area contributed by atoms with Gasteiger partial charge in [-0.3, -0.25) is 0 Å². The summed E-state index contributed by atoms with van der Waals surface area (Å²) in [6.45, 7) is 6.47. The number of hydrogen-bond donors (Lipinski definition) is 0. The van der Waals surface area contributed by atoms with Gasteiger partial charge in [-0.2, -0.15) is 0 Å². The Kier molecular flexibility index (Phi) is 3.75. The van der Waals surface area contributed by atoms with Crippen LogP contribution in [0.1, 0.15) is 59.3 Å². The molecule has 0 N–H and O–H groups in total. The molecule has 3 unspecified atom stereocenters. The van der Waals surface area contributed by atoms with E-state index < -0.39 is 11.4 Å². The number of carbonyl (C=O) groups is 1. The minimum absolute atomic E-state index is 0.277. The Morgan fingerprint density at radius 1 is 1.38 bits per heavy atom. The second kappa shape index (κ2) is 5.30. The number of carbonyl (C=O) groups excluding carboxylic acids is 1. The van der Waals surface area contributed by atoms with Gasteiger partial charge in [0.15, 0.2) is 0 Å². The number of rotatable bonds is 2. The predicted octanol–water partition coefficient (Wildman–Crippen LogP) is 3.48. The van der Waals surface area contributed by atoms with E-state index in [1.807, 2.05) is 6.92 Å². The van der Waals surface area contributed by atoms with Gasteiger partial charge >= 0.3 is 0 Å². The topological polar surface area (TPSA) is 40.1 Å². The average Bonchev–Trinajstić information content (AvgIpc) is 2.46. The zero-order valence-electron chi connectivity index (χ0n) is 13.5. The summed E-state index contributed by atoms with van der Waals surface area (Å²) in [6, 6.07) is 0. The van der Waals surface area contributed by atoms with E-state index in [1.165, 1.54) is 24.8 Å². The van der Waals surface area contributed by atoms with Crippen LogP contribution in [-0.2, 0) is 4.79 Å². The second-order valence-electron chi connectivity index (χ2n) is 7.83. The molecule has 0 bridgehead atoms. The summed E-state index contributed by atoms with van der Waals surface area (Å²) in [5.74, 6) is 1.21. The summed E-state index contributed by atoms with van der Waals surface area (Å²) in [5, 5.41) is 11.7. The van der Waals surface area contributed by atoms with Crippen molar-refractivity contribution < 1.29 is 9.90 Å². The summed E-state index contributed by atoms with van der Waals surface area (Å²) < 4.78 is 0. The highest BCUT2D eigenvalue weighted by atomic mass is 16.4. The van der Waals surface area contributed by atoms with E-state index in [-0.39, 0.29) is 5.92 Å². The molecule has 0 aromatic carbocycles. The van der Waals surface area contributed by atoms with Crippen LogP contribution in [0.15, 0.2) is 23.3 Å². The van der Waals surface area contributed by atoms with Crippen LogP contribution in [0.5, 0.6) is 0 Å². The lowest BCUT2D eigenvalue weighted by atomic mass is 9.54. The van der Waals surface area contributed by atoms with Crippen molar-refractivity contribution in [1.82, 2.24) is 0 Å². The molecule has 21 heavy (non-hydrogen) atoms. The highest BCUT2D eigenvalue weighted by Gasteiger charge is 2.47. The molecule has 1 fully saturated rings. The maximum atomic E-state index is 11.7. The third kappa shape index (κ3) is 2.37. The highest BCUT2D eigenvalue weighted by Crippen LogP contribution is 2.54. The SMILES string of the molecule is CC(C)C1=CC2=CCC3C(CCC[C@]3(C)C(=O)[O-])C2CC1. The number of aliphatic carboxylic acids is 1. The maximum absolute atomic E-state index is 11.7. The van der Waals surface area contributed by atoms with Crippen molar-refractivity contribution in [3.63, 3.8) is 0 Å². The van der Waals surface area contributed by atoms with E-state index in [0.29, 0.717) is 17.8 Å². The van der Waals surface area contributed by atoms with Gasteiger partial charge in [-0.1, -0.05) is 44.9 Å². The van der Waals surface area contributed by atoms with E-state index in [1.54, 1.807) is 5.57 Å². The Morgan fingerprint density at radius 3 is 2.81 bits per heavy atom. The number of fused-ring (bicyclic) bond motifs is 3. The van der Waals surface area contributed by atoms with Crippen molar-refractivity contribution >= 4 is 5.97 Å². The first-order chi connectivity index (χ1) is 9.93. The minimum Gasteiger partial charge on any atom is -0.550 e. The minimum atomic E-state index is -0.830. The van der Waals surface area contributed by atoms with Gasteiger partial charge in [0.25, 0.3) is 0 Å². The Bertz CT molecular complexity index is 500. The summed E-state index contributed by atoms with van der Waals surface area (Å²) in [5.41, 5.74) is 2.44. The molecule has 0 aromatic heterocycles. The molecule has 0 aromatic rings. The van der Waals surface area contributed by atoms with Crippen LogP contribution in [0.2, 0.25) is 0 Å². The Hall–Kier alpha value is -1.05. The predicted molar refractivity (Wildman–Crippen MR) is 82.3 cm³/mol. The van der Waals surface area contributed by atoms with Crippen molar-refractivity contribution in [3.8, 4) is 0 Å². The number of carboxylic acid groups (broad SMARTS) is 1. The van der Waals surface area contributed by atoms with Crippen molar-refractivity contribution in [2.75, 3.05) is 0 Å². The molecule has 4 atom stereocenters. The summed E-state index contributed by atoms with van der Waals surface area (Å²) >= 11 is 0. The maximum Gasteiger partial charge on any atom is 0.0476 e. The lowest BCUT2D eigenvalue weighted by molar-refractivity contribution is -0.324. The van der Waals surface area contributed by atoms with Gasteiger partial charge in [0.2, 0.25) is 0 Å². The second-order valence-corrected chi connectivity index (χ2v) is 7.83. The standard InChI is InChI=1S/C19H28O2/c1-12(2)13-6-8-15-14(11-13)7-9-17-16(15)5-4-10-19(17,3)18(20)21/h7,11-12,15-17H,4-6,8-10H2,1-3H3,(H,20,21)/p-1/t15?,16?,17?,19-/m0/s1.